The van der Waals surface area contributed by atoms with Gasteiger partial charge in [-0.2, -0.15) is 0 Å². The second-order valence-corrected chi connectivity index (χ2v) is 2.91. The zero-order valence-corrected chi connectivity index (χ0v) is 6.49. The lowest BCUT2D eigenvalue weighted by molar-refractivity contribution is -0.107. The molecule has 0 rings (SSSR count). The molecule has 3 heteroatoms. The molecule has 9 heavy (non-hydrogen) atoms. The lowest BCUT2D eigenvalue weighted by Crippen LogP contribution is -1.95. The zero-order chi connectivity index (χ0) is 7.28. The Kier molecular flexibility index (Phi) is 4.22. The molecule has 0 aliphatic rings. The van der Waals surface area contributed by atoms with Gasteiger partial charge >= 0.3 is 0 Å². The predicted octanol–water partition coefficient (Wildman–Crippen LogP) is 1.13. The van der Waals surface area contributed by atoms with Crippen LogP contribution in [-0.4, -0.2) is 10.9 Å². The summed E-state index contributed by atoms with van der Waals surface area (Å²) in [5, 5.41) is 0.0394. The Labute approximate surface area is 59.5 Å². The van der Waals surface area contributed by atoms with E-state index >= 15 is 0 Å². The molecule has 0 aromatic rings. The van der Waals surface area contributed by atoms with E-state index in [0.29, 0.717) is 5.70 Å². The normalized spacial score (nSPS) is 11.6. The van der Waals surface area contributed by atoms with Gasteiger partial charge in [-0.15, -0.1) is 0 Å². The van der Waals surface area contributed by atoms with Crippen LogP contribution >= 0.6 is 11.8 Å². The van der Waals surface area contributed by atoms with E-state index in [-0.39, 0.29) is 5.12 Å². The van der Waals surface area contributed by atoms with Crippen molar-refractivity contribution in [3.63, 3.8) is 0 Å². The van der Waals surface area contributed by atoms with Crippen LogP contribution < -0.4 is 5.73 Å². The minimum absolute atomic E-state index is 0.0394. The third kappa shape index (κ3) is 5.43. The smallest absolute Gasteiger partial charge is 0.213 e. The molecular weight excluding hydrogens is 134 g/mol. The SMILES string of the molecule is CCSC(=O)/C=C(/C)N. The number of carbonyl (C=O) groups is 1. The molecule has 0 aromatic heterocycles. The summed E-state index contributed by atoms with van der Waals surface area (Å²) in [5.41, 5.74) is 5.82. The average Bonchev–Trinajstić information content (AvgIpc) is 1.63. The number of carbonyl (C=O) groups excluding carboxylic acids is 1. The summed E-state index contributed by atoms with van der Waals surface area (Å²) >= 11 is 1.26. The third-order valence-corrected chi connectivity index (χ3v) is 1.32. The molecule has 0 bridgehead atoms. The van der Waals surface area contributed by atoms with Crippen molar-refractivity contribution < 1.29 is 4.79 Å². The first-order valence-corrected chi connectivity index (χ1v) is 3.76. The maximum atomic E-state index is 10.7. The van der Waals surface area contributed by atoms with Crippen molar-refractivity contribution in [2.75, 3.05) is 5.75 Å². The standard InChI is InChI=1S/C6H11NOS/c1-3-9-6(8)4-5(2)7/h4H,3,7H2,1-2H3/b5-4-. The van der Waals surface area contributed by atoms with Gasteiger partial charge < -0.3 is 5.73 Å². The van der Waals surface area contributed by atoms with Gasteiger partial charge in [0.25, 0.3) is 0 Å². The molecule has 0 amide bonds. The van der Waals surface area contributed by atoms with Crippen LogP contribution in [0.5, 0.6) is 0 Å². The molecule has 0 fully saturated rings. The van der Waals surface area contributed by atoms with Gasteiger partial charge in [0.15, 0.2) is 0 Å². The van der Waals surface area contributed by atoms with E-state index in [0.717, 1.165) is 5.75 Å². The minimum Gasteiger partial charge on any atom is -0.402 e. The monoisotopic (exact) mass is 145 g/mol. The Morgan fingerprint density at radius 3 is 2.67 bits per heavy atom. The molecule has 0 saturated heterocycles. The number of hydrogen-bond donors (Lipinski definition) is 1. The maximum Gasteiger partial charge on any atom is 0.213 e. The van der Waals surface area contributed by atoms with Crippen LogP contribution in [-0.2, 0) is 4.79 Å². The van der Waals surface area contributed by atoms with Crippen LogP contribution in [0.25, 0.3) is 0 Å². The van der Waals surface area contributed by atoms with Crippen molar-refractivity contribution in [1.82, 2.24) is 0 Å². The largest absolute Gasteiger partial charge is 0.402 e. The van der Waals surface area contributed by atoms with E-state index in [1.807, 2.05) is 6.92 Å². The Morgan fingerprint density at radius 1 is 1.78 bits per heavy atom. The van der Waals surface area contributed by atoms with Gasteiger partial charge in [0.1, 0.15) is 0 Å². The summed E-state index contributed by atoms with van der Waals surface area (Å²) in [4.78, 5) is 10.7. The molecule has 0 aliphatic heterocycles. The lowest BCUT2D eigenvalue weighted by Gasteiger charge is -1.89. The fraction of sp³-hybridized carbons (Fsp3) is 0.500. The quantitative estimate of drug-likeness (QED) is 0.592. The topological polar surface area (TPSA) is 43.1 Å². The molecule has 52 valence electrons. The van der Waals surface area contributed by atoms with Gasteiger partial charge in [0.05, 0.1) is 0 Å². The van der Waals surface area contributed by atoms with Crippen molar-refractivity contribution in [2.24, 2.45) is 5.73 Å². The van der Waals surface area contributed by atoms with E-state index in [1.54, 1.807) is 6.92 Å². The van der Waals surface area contributed by atoms with Gasteiger partial charge in [0.2, 0.25) is 5.12 Å². The van der Waals surface area contributed by atoms with Crippen LogP contribution in [0.15, 0.2) is 11.8 Å². The number of thioether (sulfide) groups is 1. The highest BCUT2D eigenvalue weighted by atomic mass is 32.2. The first kappa shape index (κ1) is 8.56. The van der Waals surface area contributed by atoms with Gasteiger partial charge in [-0.05, 0) is 12.7 Å². The predicted molar refractivity (Wildman–Crippen MR) is 41.1 cm³/mol. The van der Waals surface area contributed by atoms with Crippen LogP contribution in [0.3, 0.4) is 0 Å². The molecule has 0 radical (unpaired) electrons. The summed E-state index contributed by atoms with van der Waals surface area (Å²) in [6, 6.07) is 0. The van der Waals surface area contributed by atoms with Crippen molar-refractivity contribution in [3.8, 4) is 0 Å². The summed E-state index contributed by atoms with van der Waals surface area (Å²) in [7, 11) is 0. The Balaban J connectivity index is 3.63. The van der Waals surface area contributed by atoms with Gasteiger partial charge in [-0.3, -0.25) is 4.79 Å². The molecule has 0 atom stereocenters. The third-order valence-electron chi connectivity index (χ3n) is 0.632. The Bertz CT molecular complexity index is 127. The van der Waals surface area contributed by atoms with Gasteiger partial charge in [-0.25, -0.2) is 0 Å². The van der Waals surface area contributed by atoms with E-state index in [2.05, 4.69) is 0 Å². The molecule has 0 spiro atoms. The molecular formula is C6H11NOS. The maximum absolute atomic E-state index is 10.7. The van der Waals surface area contributed by atoms with Crippen molar-refractivity contribution in [1.29, 1.82) is 0 Å². The second-order valence-electron chi connectivity index (χ2n) is 1.64. The molecule has 2 N–H and O–H groups in total. The molecule has 0 aromatic carbocycles. The minimum atomic E-state index is 0.0394. The second kappa shape index (κ2) is 4.44. The number of allylic oxidation sites excluding steroid dienone is 1. The highest BCUT2D eigenvalue weighted by molar-refractivity contribution is 8.14. The van der Waals surface area contributed by atoms with E-state index in [9.17, 15) is 4.79 Å². The van der Waals surface area contributed by atoms with Crippen LogP contribution in [0, 0.1) is 0 Å². The fourth-order valence-electron chi connectivity index (χ4n) is 0.370. The van der Waals surface area contributed by atoms with Crippen molar-refractivity contribution >= 4 is 16.9 Å². The highest BCUT2D eigenvalue weighted by Crippen LogP contribution is 2.01. The first-order chi connectivity index (χ1) is 4.16. The molecule has 0 heterocycles. The van der Waals surface area contributed by atoms with E-state index in [4.69, 9.17) is 5.73 Å². The number of hydrogen-bond acceptors (Lipinski definition) is 3. The van der Waals surface area contributed by atoms with Crippen molar-refractivity contribution in [2.45, 2.75) is 13.8 Å². The average molecular weight is 145 g/mol. The van der Waals surface area contributed by atoms with E-state index < -0.39 is 0 Å². The Morgan fingerprint density at radius 2 is 2.33 bits per heavy atom. The molecule has 2 nitrogen and oxygen atoms in total. The fourth-order valence-corrected chi connectivity index (χ4v) is 0.924. The highest BCUT2D eigenvalue weighted by Gasteiger charge is 1.93. The van der Waals surface area contributed by atoms with Crippen LogP contribution in [0.1, 0.15) is 13.8 Å². The van der Waals surface area contributed by atoms with Gasteiger partial charge in [-0.1, -0.05) is 18.7 Å². The number of nitrogens with two attached hydrogens (primary N) is 1. The van der Waals surface area contributed by atoms with Crippen LogP contribution in [0.2, 0.25) is 0 Å². The summed E-state index contributed by atoms with van der Waals surface area (Å²) < 4.78 is 0. The van der Waals surface area contributed by atoms with Crippen molar-refractivity contribution in [3.05, 3.63) is 11.8 Å². The summed E-state index contributed by atoms with van der Waals surface area (Å²) in [6.45, 7) is 3.64. The molecule has 0 aliphatic carbocycles. The van der Waals surface area contributed by atoms with E-state index in [1.165, 1.54) is 17.8 Å². The number of rotatable bonds is 2. The molecule has 0 saturated carbocycles. The first-order valence-electron chi connectivity index (χ1n) is 2.77. The lowest BCUT2D eigenvalue weighted by atomic mass is 10.5. The van der Waals surface area contributed by atoms with Gasteiger partial charge in [0, 0.05) is 11.8 Å². The summed E-state index contributed by atoms with van der Waals surface area (Å²) in [5.74, 6) is 0.808. The zero-order valence-electron chi connectivity index (χ0n) is 5.68. The Hall–Kier alpha value is -0.440. The summed E-state index contributed by atoms with van der Waals surface area (Å²) in [6.07, 6.45) is 1.44. The van der Waals surface area contributed by atoms with Crippen LogP contribution in [0.4, 0.5) is 0 Å². The molecule has 0 unspecified atom stereocenters.